The zero-order chi connectivity index (χ0) is 12.1. The minimum atomic E-state index is -0.153. The maximum atomic E-state index is 11.7. The molecule has 0 saturated heterocycles. The number of hydrogen-bond acceptors (Lipinski definition) is 5. The molecule has 16 heavy (non-hydrogen) atoms. The van der Waals surface area contributed by atoms with Gasteiger partial charge in [0.05, 0.1) is 27.1 Å². The van der Waals surface area contributed by atoms with E-state index in [2.05, 4.69) is 12.6 Å². The van der Waals surface area contributed by atoms with Crippen LogP contribution in [0.4, 0.5) is 0 Å². The van der Waals surface area contributed by atoms with E-state index in [0.29, 0.717) is 22.8 Å². The van der Waals surface area contributed by atoms with Gasteiger partial charge < -0.3 is 14.2 Å². The summed E-state index contributed by atoms with van der Waals surface area (Å²) < 4.78 is 15.4. The second kappa shape index (κ2) is 5.65. The second-order valence-electron chi connectivity index (χ2n) is 2.99. The van der Waals surface area contributed by atoms with Gasteiger partial charge in [-0.1, -0.05) is 0 Å². The van der Waals surface area contributed by atoms with Gasteiger partial charge in [-0.25, -0.2) is 0 Å². The van der Waals surface area contributed by atoms with Crippen LogP contribution in [-0.2, 0) is 0 Å². The summed E-state index contributed by atoms with van der Waals surface area (Å²) in [6.45, 7) is 0. The Balaban J connectivity index is 3.37. The lowest BCUT2D eigenvalue weighted by Crippen LogP contribution is -2.06. The van der Waals surface area contributed by atoms with Crippen molar-refractivity contribution in [2.45, 2.75) is 0 Å². The summed E-state index contributed by atoms with van der Waals surface area (Å²) in [6, 6.07) is 3.28. The molecule has 88 valence electrons. The van der Waals surface area contributed by atoms with Crippen LogP contribution >= 0.6 is 12.6 Å². The van der Waals surface area contributed by atoms with Gasteiger partial charge in [-0.3, -0.25) is 4.79 Å². The molecule has 0 N–H and O–H groups in total. The quantitative estimate of drug-likeness (QED) is 0.632. The van der Waals surface area contributed by atoms with Gasteiger partial charge in [0, 0.05) is 12.1 Å². The molecule has 4 nitrogen and oxygen atoms in total. The molecule has 0 heterocycles. The minimum absolute atomic E-state index is 0.0963. The molecule has 0 atom stereocenters. The van der Waals surface area contributed by atoms with E-state index in [-0.39, 0.29) is 11.5 Å². The number of carbonyl (C=O) groups is 1. The molecule has 1 aromatic carbocycles. The van der Waals surface area contributed by atoms with Crippen molar-refractivity contribution < 1.29 is 19.0 Å². The number of thiol groups is 1. The molecular formula is C11H14O4S. The molecule has 1 aromatic rings. The smallest absolute Gasteiger partial charge is 0.179 e. The van der Waals surface area contributed by atoms with E-state index >= 15 is 0 Å². The molecule has 0 spiro atoms. The molecule has 0 aliphatic heterocycles. The van der Waals surface area contributed by atoms with E-state index in [1.807, 2.05) is 0 Å². The summed E-state index contributed by atoms with van der Waals surface area (Å²) >= 11 is 3.96. The van der Waals surface area contributed by atoms with E-state index in [1.54, 1.807) is 12.1 Å². The van der Waals surface area contributed by atoms with E-state index in [9.17, 15) is 4.79 Å². The summed E-state index contributed by atoms with van der Waals surface area (Å²) in [5.41, 5.74) is 0.390. The average Bonchev–Trinajstić information content (AvgIpc) is 2.35. The summed E-state index contributed by atoms with van der Waals surface area (Å²) in [6.07, 6.45) is 0. The van der Waals surface area contributed by atoms with Crippen LogP contribution in [-0.4, -0.2) is 32.9 Å². The van der Waals surface area contributed by atoms with Gasteiger partial charge >= 0.3 is 0 Å². The van der Waals surface area contributed by atoms with Gasteiger partial charge in [-0.15, -0.1) is 0 Å². The van der Waals surface area contributed by atoms with Gasteiger partial charge in [0.15, 0.2) is 5.78 Å². The Morgan fingerprint density at radius 1 is 1.12 bits per heavy atom. The Morgan fingerprint density at radius 2 is 1.62 bits per heavy atom. The number of benzene rings is 1. The first-order valence-corrected chi connectivity index (χ1v) is 5.25. The first kappa shape index (κ1) is 12.7. The monoisotopic (exact) mass is 242 g/mol. The third kappa shape index (κ3) is 2.41. The summed E-state index contributed by atoms with van der Waals surface area (Å²) in [4.78, 5) is 11.7. The lowest BCUT2D eigenvalue weighted by Gasteiger charge is -2.13. The third-order valence-electron chi connectivity index (χ3n) is 2.14. The fourth-order valence-electron chi connectivity index (χ4n) is 1.36. The highest BCUT2D eigenvalue weighted by Gasteiger charge is 2.18. The van der Waals surface area contributed by atoms with Crippen molar-refractivity contribution in [2.24, 2.45) is 0 Å². The first-order chi connectivity index (χ1) is 7.67. The van der Waals surface area contributed by atoms with Crippen molar-refractivity contribution in [2.75, 3.05) is 27.1 Å². The van der Waals surface area contributed by atoms with Gasteiger partial charge in [0.25, 0.3) is 0 Å². The molecular weight excluding hydrogens is 228 g/mol. The van der Waals surface area contributed by atoms with Crippen molar-refractivity contribution >= 4 is 18.4 Å². The number of Topliss-reactive ketones (excluding diaryl/α,β-unsaturated/α-hetero) is 1. The third-order valence-corrected chi connectivity index (χ3v) is 2.42. The van der Waals surface area contributed by atoms with Crippen LogP contribution < -0.4 is 14.2 Å². The van der Waals surface area contributed by atoms with Crippen LogP contribution in [0, 0.1) is 0 Å². The summed E-state index contributed by atoms with van der Waals surface area (Å²) in [7, 11) is 4.52. The Labute approximate surface area is 99.9 Å². The summed E-state index contributed by atoms with van der Waals surface area (Å²) in [5, 5.41) is 0. The Hall–Kier alpha value is -1.36. The maximum absolute atomic E-state index is 11.7. The molecule has 0 unspecified atom stereocenters. The molecule has 1 rings (SSSR count). The fourth-order valence-corrected chi connectivity index (χ4v) is 1.52. The normalized spacial score (nSPS) is 9.75. The predicted octanol–water partition coefficient (Wildman–Crippen LogP) is 1.82. The highest BCUT2D eigenvalue weighted by Crippen LogP contribution is 2.34. The standard InChI is InChI=1S/C11H14O4S/c1-13-7-4-9(14-2)11(8(12)6-16)10(5-7)15-3/h4-5,16H,6H2,1-3H3. The van der Waals surface area contributed by atoms with Gasteiger partial charge in [0.1, 0.15) is 22.8 Å². The number of rotatable bonds is 5. The number of ketones is 1. The second-order valence-corrected chi connectivity index (χ2v) is 3.30. The number of carbonyl (C=O) groups excluding carboxylic acids is 1. The van der Waals surface area contributed by atoms with Gasteiger partial charge in [-0.05, 0) is 0 Å². The molecule has 0 saturated carbocycles. The largest absolute Gasteiger partial charge is 0.496 e. The van der Waals surface area contributed by atoms with E-state index in [4.69, 9.17) is 14.2 Å². The van der Waals surface area contributed by atoms with E-state index < -0.39 is 0 Å². The van der Waals surface area contributed by atoms with Crippen LogP contribution in [0.15, 0.2) is 12.1 Å². The first-order valence-electron chi connectivity index (χ1n) is 4.62. The number of methoxy groups -OCH3 is 3. The SMILES string of the molecule is COc1cc(OC)c(C(=O)CS)c(OC)c1. The Kier molecular flexibility index (Phi) is 4.49. The topological polar surface area (TPSA) is 44.8 Å². The zero-order valence-corrected chi connectivity index (χ0v) is 10.3. The minimum Gasteiger partial charge on any atom is -0.496 e. The highest BCUT2D eigenvalue weighted by atomic mass is 32.1. The Bertz CT molecular complexity index is 365. The average molecular weight is 242 g/mol. The van der Waals surface area contributed by atoms with Crippen LogP contribution in [0.1, 0.15) is 10.4 Å². The van der Waals surface area contributed by atoms with Crippen LogP contribution in [0.2, 0.25) is 0 Å². The molecule has 0 fully saturated rings. The molecule has 0 aromatic heterocycles. The number of ether oxygens (including phenoxy) is 3. The fraction of sp³-hybridized carbons (Fsp3) is 0.364. The van der Waals surface area contributed by atoms with Crippen molar-refractivity contribution in [3.8, 4) is 17.2 Å². The summed E-state index contributed by atoms with van der Waals surface area (Å²) in [5.74, 6) is 1.37. The van der Waals surface area contributed by atoms with Crippen molar-refractivity contribution in [1.82, 2.24) is 0 Å². The van der Waals surface area contributed by atoms with Crippen LogP contribution in [0.5, 0.6) is 17.2 Å². The predicted molar refractivity (Wildman–Crippen MR) is 64.3 cm³/mol. The van der Waals surface area contributed by atoms with Crippen LogP contribution in [0.3, 0.4) is 0 Å². The maximum Gasteiger partial charge on any atom is 0.179 e. The van der Waals surface area contributed by atoms with E-state index in [0.717, 1.165) is 0 Å². The lowest BCUT2D eigenvalue weighted by molar-refractivity contribution is 0.101. The lowest BCUT2D eigenvalue weighted by atomic mass is 10.1. The number of hydrogen-bond donors (Lipinski definition) is 1. The van der Waals surface area contributed by atoms with Gasteiger partial charge in [-0.2, -0.15) is 12.6 Å². The van der Waals surface area contributed by atoms with Crippen LogP contribution in [0.25, 0.3) is 0 Å². The molecule has 0 radical (unpaired) electrons. The highest BCUT2D eigenvalue weighted by molar-refractivity contribution is 7.81. The molecule has 0 aliphatic rings. The van der Waals surface area contributed by atoms with Crippen molar-refractivity contribution in [3.63, 3.8) is 0 Å². The Morgan fingerprint density at radius 3 is 1.94 bits per heavy atom. The van der Waals surface area contributed by atoms with Crippen molar-refractivity contribution in [1.29, 1.82) is 0 Å². The molecule has 5 heteroatoms. The molecule has 0 aliphatic carbocycles. The molecule has 0 bridgehead atoms. The van der Waals surface area contributed by atoms with E-state index in [1.165, 1.54) is 21.3 Å². The van der Waals surface area contributed by atoms with Crippen molar-refractivity contribution in [3.05, 3.63) is 17.7 Å². The van der Waals surface area contributed by atoms with Gasteiger partial charge in [0.2, 0.25) is 0 Å². The zero-order valence-electron chi connectivity index (χ0n) is 9.44. The molecule has 0 amide bonds.